The summed E-state index contributed by atoms with van der Waals surface area (Å²) >= 11 is 5.93. The second-order valence-corrected chi connectivity index (χ2v) is 7.08. The van der Waals surface area contributed by atoms with Crippen molar-refractivity contribution in [1.29, 1.82) is 0 Å². The fourth-order valence-electron chi connectivity index (χ4n) is 2.50. The van der Waals surface area contributed by atoms with Crippen molar-refractivity contribution in [2.24, 2.45) is 5.92 Å². The van der Waals surface area contributed by atoms with Crippen LogP contribution in [-0.2, 0) is 9.53 Å². The van der Waals surface area contributed by atoms with Gasteiger partial charge in [0.05, 0.1) is 10.7 Å². The Morgan fingerprint density at radius 3 is 2.52 bits per heavy atom. The monoisotopic (exact) mass is 307 g/mol. The van der Waals surface area contributed by atoms with E-state index in [0.29, 0.717) is 22.2 Å². The van der Waals surface area contributed by atoms with Crippen LogP contribution in [0.3, 0.4) is 0 Å². The molecule has 0 saturated heterocycles. The highest BCUT2D eigenvalue weighted by molar-refractivity contribution is 6.33. The molecular formula is C17H22ClNO2. The van der Waals surface area contributed by atoms with E-state index in [-0.39, 0.29) is 11.9 Å². The number of ether oxygens (including phenoxy) is 1. The lowest BCUT2D eigenvalue weighted by Crippen LogP contribution is -2.31. The molecule has 0 bridgehead atoms. The minimum Gasteiger partial charge on any atom is -0.457 e. The number of esters is 1. The molecule has 0 aliphatic heterocycles. The van der Waals surface area contributed by atoms with Gasteiger partial charge < -0.3 is 10.5 Å². The topological polar surface area (TPSA) is 52.3 Å². The molecule has 0 aromatic heterocycles. The minimum absolute atomic E-state index is 0.196. The van der Waals surface area contributed by atoms with Crippen molar-refractivity contribution in [3.05, 3.63) is 40.9 Å². The summed E-state index contributed by atoms with van der Waals surface area (Å²) in [5.74, 6) is 0.317. The molecule has 2 rings (SSSR count). The third-order valence-corrected chi connectivity index (χ3v) is 4.13. The molecule has 0 amide bonds. The van der Waals surface area contributed by atoms with E-state index >= 15 is 0 Å². The number of benzene rings is 1. The molecule has 0 spiro atoms. The summed E-state index contributed by atoms with van der Waals surface area (Å²) in [5.41, 5.74) is 7.69. The van der Waals surface area contributed by atoms with E-state index in [9.17, 15) is 4.79 Å². The molecule has 0 atom stereocenters. The van der Waals surface area contributed by atoms with Crippen LogP contribution in [0.4, 0.5) is 5.69 Å². The summed E-state index contributed by atoms with van der Waals surface area (Å²) < 4.78 is 5.36. The van der Waals surface area contributed by atoms with Crippen LogP contribution in [0.5, 0.6) is 0 Å². The average Bonchev–Trinajstić information content (AvgIpc) is 2.29. The van der Waals surface area contributed by atoms with Crippen LogP contribution >= 0.6 is 11.6 Å². The number of hydrogen-bond donors (Lipinski definition) is 1. The zero-order chi connectivity index (χ0) is 15.8. The molecule has 1 saturated carbocycles. The van der Waals surface area contributed by atoms with Crippen molar-refractivity contribution in [2.45, 2.75) is 45.1 Å². The Bertz CT molecular complexity index is 569. The predicted octanol–water partition coefficient (Wildman–Crippen LogP) is 4.31. The van der Waals surface area contributed by atoms with Gasteiger partial charge in [0.2, 0.25) is 0 Å². The zero-order valence-corrected chi connectivity index (χ0v) is 13.5. The number of rotatable bonds is 3. The van der Waals surface area contributed by atoms with E-state index < -0.39 is 5.60 Å². The van der Waals surface area contributed by atoms with Gasteiger partial charge in [-0.25, -0.2) is 4.79 Å². The molecule has 0 unspecified atom stereocenters. The standard InChI is InChI=1S/C17H22ClNO2/c1-10(16(20)21-17(2,3)4)12-7-13(8-12)11-5-6-14(18)15(19)9-11/h5-6,9,12-13H,1,7-8,19H2,2-4H3. The van der Waals surface area contributed by atoms with Crippen LogP contribution in [0, 0.1) is 5.92 Å². The minimum atomic E-state index is -0.478. The third-order valence-electron chi connectivity index (χ3n) is 3.78. The van der Waals surface area contributed by atoms with Gasteiger partial charge in [0.25, 0.3) is 0 Å². The van der Waals surface area contributed by atoms with Crippen molar-refractivity contribution in [1.82, 2.24) is 0 Å². The van der Waals surface area contributed by atoms with E-state index in [1.807, 2.05) is 39.0 Å². The second kappa shape index (κ2) is 5.72. The molecule has 4 heteroatoms. The van der Waals surface area contributed by atoms with E-state index in [2.05, 4.69) is 6.58 Å². The molecule has 3 nitrogen and oxygen atoms in total. The van der Waals surface area contributed by atoms with E-state index in [0.717, 1.165) is 12.8 Å². The Balaban J connectivity index is 1.92. The van der Waals surface area contributed by atoms with Gasteiger partial charge in [-0.3, -0.25) is 0 Å². The molecule has 1 aliphatic rings. The summed E-state index contributed by atoms with van der Waals surface area (Å²) in [6.07, 6.45) is 1.80. The first-order chi connectivity index (χ1) is 9.67. The maximum absolute atomic E-state index is 12.0. The lowest BCUT2D eigenvalue weighted by Gasteiger charge is -2.37. The molecule has 1 aliphatic carbocycles. The first-order valence-corrected chi connectivity index (χ1v) is 7.52. The zero-order valence-electron chi connectivity index (χ0n) is 12.8. The molecule has 21 heavy (non-hydrogen) atoms. The SMILES string of the molecule is C=C(C(=O)OC(C)(C)C)C1CC(c2ccc(Cl)c(N)c2)C1. The first kappa shape index (κ1) is 15.9. The molecule has 0 heterocycles. The molecular weight excluding hydrogens is 286 g/mol. The average molecular weight is 308 g/mol. The molecule has 0 radical (unpaired) electrons. The van der Waals surface area contributed by atoms with Gasteiger partial charge in [-0.2, -0.15) is 0 Å². The predicted molar refractivity (Wildman–Crippen MR) is 86.3 cm³/mol. The Morgan fingerprint density at radius 2 is 2.00 bits per heavy atom. The van der Waals surface area contributed by atoms with E-state index in [1.54, 1.807) is 0 Å². The molecule has 1 aromatic rings. The Labute approximate surface area is 131 Å². The summed E-state index contributed by atoms with van der Waals surface area (Å²) in [6.45, 7) is 9.48. The van der Waals surface area contributed by atoms with Gasteiger partial charge in [0, 0.05) is 5.57 Å². The van der Waals surface area contributed by atoms with E-state index in [4.69, 9.17) is 22.1 Å². The fourth-order valence-corrected chi connectivity index (χ4v) is 2.62. The van der Waals surface area contributed by atoms with Gasteiger partial charge in [-0.1, -0.05) is 24.2 Å². The number of halogens is 1. The van der Waals surface area contributed by atoms with Crippen molar-refractivity contribution in [3.63, 3.8) is 0 Å². The van der Waals surface area contributed by atoms with Gasteiger partial charge in [0.1, 0.15) is 5.60 Å². The largest absolute Gasteiger partial charge is 0.457 e. The first-order valence-electron chi connectivity index (χ1n) is 7.14. The van der Waals surface area contributed by atoms with Crippen LogP contribution in [0.15, 0.2) is 30.4 Å². The summed E-state index contributed by atoms with van der Waals surface area (Å²) in [6, 6.07) is 5.73. The molecule has 1 fully saturated rings. The van der Waals surface area contributed by atoms with Crippen molar-refractivity contribution >= 4 is 23.3 Å². The Morgan fingerprint density at radius 1 is 1.38 bits per heavy atom. The summed E-state index contributed by atoms with van der Waals surface area (Å²) in [7, 11) is 0. The van der Waals surface area contributed by atoms with Crippen LogP contribution in [0.1, 0.15) is 45.1 Å². The lowest BCUT2D eigenvalue weighted by molar-refractivity contribution is -0.150. The molecule has 1 aromatic carbocycles. The van der Waals surface area contributed by atoms with Crippen LogP contribution in [0.2, 0.25) is 5.02 Å². The van der Waals surface area contributed by atoms with Gasteiger partial charge in [-0.15, -0.1) is 0 Å². The van der Waals surface area contributed by atoms with Gasteiger partial charge in [0.15, 0.2) is 0 Å². The number of carbonyl (C=O) groups excluding carboxylic acids is 1. The van der Waals surface area contributed by atoms with Gasteiger partial charge in [-0.05, 0) is 63.1 Å². The van der Waals surface area contributed by atoms with Crippen LogP contribution in [0.25, 0.3) is 0 Å². The quantitative estimate of drug-likeness (QED) is 0.514. The maximum Gasteiger partial charge on any atom is 0.334 e. The number of anilines is 1. The highest BCUT2D eigenvalue weighted by Crippen LogP contribution is 2.46. The second-order valence-electron chi connectivity index (χ2n) is 6.67. The Kier molecular flexibility index (Phi) is 4.33. The van der Waals surface area contributed by atoms with Crippen molar-refractivity contribution in [3.8, 4) is 0 Å². The van der Waals surface area contributed by atoms with Crippen molar-refractivity contribution in [2.75, 3.05) is 5.73 Å². The number of hydrogen-bond acceptors (Lipinski definition) is 3. The third kappa shape index (κ3) is 3.79. The van der Waals surface area contributed by atoms with E-state index in [1.165, 1.54) is 5.56 Å². The number of nitrogens with two attached hydrogens (primary N) is 1. The molecule has 114 valence electrons. The summed E-state index contributed by atoms with van der Waals surface area (Å²) in [5, 5.41) is 0.577. The molecule has 2 N–H and O–H groups in total. The van der Waals surface area contributed by atoms with Crippen LogP contribution in [-0.4, -0.2) is 11.6 Å². The Hall–Kier alpha value is -1.48. The highest BCUT2D eigenvalue weighted by atomic mass is 35.5. The number of nitrogen functional groups attached to an aromatic ring is 1. The lowest BCUT2D eigenvalue weighted by atomic mass is 9.68. The van der Waals surface area contributed by atoms with Gasteiger partial charge >= 0.3 is 5.97 Å². The number of carbonyl (C=O) groups is 1. The van der Waals surface area contributed by atoms with Crippen molar-refractivity contribution < 1.29 is 9.53 Å². The normalized spacial score (nSPS) is 21.5. The van der Waals surface area contributed by atoms with Crippen LogP contribution < -0.4 is 5.73 Å². The smallest absolute Gasteiger partial charge is 0.334 e. The summed E-state index contributed by atoms with van der Waals surface area (Å²) in [4.78, 5) is 12.0. The highest BCUT2D eigenvalue weighted by Gasteiger charge is 2.36. The maximum atomic E-state index is 12.0. The fraction of sp³-hybridized carbons (Fsp3) is 0.471.